The molecule has 0 aliphatic heterocycles. The Labute approximate surface area is 175 Å². The molecule has 1 saturated carbocycles. The number of aromatic nitrogens is 3. The van der Waals surface area contributed by atoms with Gasteiger partial charge >= 0.3 is 0 Å². The van der Waals surface area contributed by atoms with E-state index < -0.39 is 0 Å². The number of fused-ring (bicyclic) bond motifs is 1. The highest BCUT2D eigenvalue weighted by Gasteiger charge is 2.48. The van der Waals surface area contributed by atoms with Crippen molar-refractivity contribution in [1.29, 1.82) is 0 Å². The Balaban J connectivity index is 1.32. The molecule has 0 bridgehead atoms. The number of carbonyl (C=O) groups is 2. The predicted molar refractivity (Wildman–Crippen MR) is 111 cm³/mol. The summed E-state index contributed by atoms with van der Waals surface area (Å²) in [5.74, 6) is 0.838. The molecule has 0 spiro atoms. The molecule has 158 valence electrons. The van der Waals surface area contributed by atoms with Crippen LogP contribution < -0.4 is 10.6 Å². The molecular weight excluding hydrogens is 382 g/mol. The second kappa shape index (κ2) is 7.59. The zero-order chi connectivity index (χ0) is 21.5. The van der Waals surface area contributed by atoms with Crippen molar-refractivity contribution in [3.63, 3.8) is 0 Å². The minimum atomic E-state index is -0.114. The normalized spacial score (nSPS) is 20.0. The summed E-state index contributed by atoms with van der Waals surface area (Å²) in [6.07, 6.45) is 4.60. The first-order valence-corrected chi connectivity index (χ1v) is 10.2. The number of hydrogen-bond donors (Lipinski definition) is 2. The molecule has 30 heavy (non-hydrogen) atoms. The number of rotatable bonds is 6. The van der Waals surface area contributed by atoms with Gasteiger partial charge in [-0.25, -0.2) is 4.52 Å². The Hall–Kier alpha value is -3.16. The molecule has 1 fully saturated rings. The Morgan fingerprint density at radius 1 is 1.30 bits per heavy atom. The molecule has 0 saturated heterocycles. The SMILES string of the molecule is Cc1noc(C)c1CC(=O)NCC1CC(NC(=O)c2cccn3nccc23)C1(C)C. The van der Waals surface area contributed by atoms with Gasteiger partial charge in [-0.1, -0.05) is 19.0 Å². The first-order chi connectivity index (χ1) is 14.3. The molecule has 4 rings (SSSR count). The van der Waals surface area contributed by atoms with Crippen LogP contribution in [-0.4, -0.2) is 39.2 Å². The molecule has 2 N–H and O–H groups in total. The monoisotopic (exact) mass is 409 g/mol. The molecule has 0 aromatic carbocycles. The Morgan fingerprint density at radius 2 is 2.10 bits per heavy atom. The third kappa shape index (κ3) is 3.58. The highest BCUT2D eigenvalue weighted by Crippen LogP contribution is 2.46. The summed E-state index contributed by atoms with van der Waals surface area (Å²) in [6.45, 7) is 8.50. The van der Waals surface area contributed by atoms with Crippen molar-refractivity contribution in [2.24, 2.45) is 11.3 Å². The van der Waals surface area contributed by atoms with Crippen LogP contribution in [0.15, 0.2) is 35.1 Å². The van der Waals surface area contributed by atoms with Gasteiger partial charge in [-0.15, -0.1) is 0 Å². The van der Waals surface area contributed by atoms with Crippen LogP contribution >= 0.6 is 0 Å². The standard InChI is InChI=1S/C22H27N5O3/c1-13-17(14(2)30-26-13)11-20(28)23-12-15-10-19(22(15,3)4)25-21(29)16-6-5-9-27-18(16)7-8-24-27/h5-9,15,19H,10-12H2,1-4H3,(H,23,28)(H,25,29). The van der Waals surface area contributed by atoms with Crippen LogP contribution in [0.5, 0.6) is 0 Å². The maximum Gasteiger partial charge on any atom is 0.253 e. The molecule has 3 aromatic heterocycles. The third-order valence-electron chi connectivity index (χ3n) is 6.52. The quantitative estimate of drug-likeness (QED) is 0.651. The molecule has 3 heterocycles. The van der Waals surface area contributed by atoms with Gasteiger partial charge in [0.15, 0.2) is 0 Å². The van der Waals surface area contributed by atoms with E-state index in [9.17, 15) is 9.59 Å². The summed E-state index contributed by atoms with van der Waals surface area (Å²) in [6, 6.07) is 5.51. The fourth-order valence-electron chi connectivity index (χ4n) is 4.20. The molecule has 0 radical (unpaired) electrons. The van der Waals surface area contributed by atoms with Crippen molar-refractivity contribution in [2.75, 3.05) is 6.54 Å². The van der Waals surface area contributed by atoms with E-state index in [1.165, 1.54) is 0 Å². The van der Waals surface area contributed by atoms with Crippen LogP contribution in [0, 0.1) is 25.2 Å². The average Bonchev–Trinajstić information content (AvgIpc) is 3.31. The summed E-state index contributed by atoms with van der Waals surface area (Å²) in [5.41, 5.74) is 2.89. The number of pyridine rings is 1. The first-order valence-electron chi connectivity index (χ1n) is 10.2. The van der Waals surface area contributed by atoms with Gasteiger partial charge in [-0.3, -0.25) is 9.59 Å². The second-order valence-electron chi connectivity index (χ2n) is 8.65. The van der Waals surface area contributed by atoms with Crippen molar-refractivity contribution < 1.29 is 14.1 Å². The van der Waals surface area contributed by atoms with E-state index in [0.29, 0.717) is 23.8 Å². The van der Waals surface area contributed by atoms with Gasteiger partial charge in [0, 0.05) is 24.3 Å². The summed E-state index contributed by atoms with van der Waals surface area (Å²) in [5, 5.41) is 14.3. The molecule has 1 aliphatic rings. The molecule has 3 aromatic rings. The maximum absolute atomic E-state index is 12.8. The fourth-order valence-corrected chi connectivity index (χ4v) is 4.20. The van der Waals surface area contributed by atoms with E-state index in [4.69, 9.17) is 4.52 Å². The van der Waals surface area contributed by atoms with Crippen LogP contribution in [0.25, 0.3) is 5.52 Å². The zero-order valence-corrected chi connectivity index (χ0v) is 17.7. The molecular formula is C22H27N5O3. The summed E-state index contributed by atoms with van der Waals surface area (Å²) in [4.78, 5) is 25.2. The second-order valence-corrected chi connectivity index (χ2v) is 8.65. The lowest BCUT2D eigenvalue weighted by molar-refractivity contribution is -0.121. The number of amides is 2. The van der Waals surface area contributed by atoms with Crippen LogP contribution in [0.1, 0.15) is 47.6 Å². The van der Waals surface area contributed by atoms with E-state index in [1.54, 1.807) is 10.7 Å². The molecule has 2 unspecified atom stereocenters. The highest BCUT2D eigenvalue weighted by molar-refractivity contribution is 6.00. The van der Waals surface area contributed by atoms with Gasteiger partial charge in [0.05, 0.1) is 29.4 Å². The van der Waals surface area contributed by atoms with E-state index in [-0.39, 0.29) is 29.7 Å². The van der Waals surface area contributed by atoms with Crippen molar-refractivity contribution in [1.82, 2.24) is 25.4 Å². The minimum Gasteiger partial charge on any atom is -0.361 e. The molecule has 8 nitrogen and oxygen atoms in total. The Bertz CT molecular complexity index is 1080. The van der Waals surface area contributed by atoms with E-state index in [0.717, 1.165) is 23.2 Å². The fraction of sp³-hybridized carbons (Fsp3) is 0.455. The largest absolute Gasteiger partial charge is 0.361 e. The number of aryl methyl sites for hydroxylation is 2. The van der Waals surface area contributed by atoms with Crippen LogP contribution in [-0.2, 0) is 11.2 Å². The summed E-state index contributed by atoms with van der Waals surface area (Å²) < 4.78 is 6.81. The van der Waals surface area contributed by atoms with Crippen LogP contribution in [0.3, 0.4) is 0 Å². The average molecular weight is 409 g/mol. The van der Waals surface area contributed by atoms with Crippen molar-refractivity contribution in [2.45, 2.75) is 46.6 Å². The van der Waals surface area contributed by atoms with Crippen LogP contribution in [0.2, 0.25) is 0 Å². The number of nitrogens with zero attached hydrogens (tertiary/aromatic N) is 3. The number of carbonyl (C=O) groups excluding carboxylic acids is 2. The molecule has 2 atom stereocenters. The zero-order valence-electron chi connectivity index (χ0n) is 17.7. The van der Waals surface area contributed by atoms with Gasteiger partial charge in [-0.05, 0) is 49.8 Å². The van der Waals surface area contributed by atoms with Gasteiger partial charge in [0.25, 0.3) is 5.91 Å². The predicted octanol–water partition coefficient (Wildman–Crippen LogP) is 2.44. The Morgan fingerprint density at radius 3 is 2.80 bits per heavy atom. The summed E-state index contributed by atoms with van der Waals surface area (Å²) >= 11 is 0. The van der Waals surface area contributed by atoms with E-state index >= 15 is 0 Å². The lowest BCUT2D eigenvalue weighted by Gasteiger charge is -2.52. The van der Waals surface area contributed by atoms with Gasteiger partial charge in [0.1, 0.15) is 5.76 Å². The molecule has 1 aliphatic carbocycles. The van der Waals surface area contributed by atoms with Gasteiger partial charge in [0.2, 0.25) is 5.91 Å². The van der Waals surface area contributed by atoms with Crippen molar-refractivity contribution in [3.8, 4) is 0 Å². The van der Waals surface area contributed by atoms with Gasteiger partial charge < -0.3 is 15.2 Å². The topological polar surface area (TPSA) is 102 Å². The molecule has 8 heteroatoms. The van der Waals surface area contributed by atoms with E-state index in [1.807, 2.05) is 38.2 Å². The lowest BCUT2D eigenvalue weighted by atomic mass is 9.58. The smallest absolute Gasteiger partial charge is 0.253 e. The number of hydrogen-bond acceptors (Lipinski definition) is 5. The van der Waals surface area contributed by atoms with E-state index in [2.05, 4.69) is 34.7 Å². The Kier molecular flexibility index (Phi) is 5.09. The first kappa shape index (κ1) is 20.1. The lowest BCUT2D eigenvalue weighted by Crippen LogP contribution is -2.60. The number of nitrogens with one attached hydrogen (secondary N) is 2. The van der Waals surface area contributed by atoms with Crippen molar-refractivity contribution >= 4 is 17.3 Å². The highest BCUT2D eigenvalue weighted by atomic mass is 16.5. The molecule has 2 amide bonds. The van der Waals surface area contributed by atoms with Crippen molar-refractivity contribution in [3.05, 3.63) is 53.2 Å². The minimum absolute atomic E-state index is 0.0416. The maximum atomic E-state index is 12.8. The third-order valence-corrected chi connectivity index (χ3v) is 6.52. The van der Waals surface area contributed by atoms with Crippen LogP contribution in [0.4, 0.5) is 0 Å². The summed E-state index contributed by atoms with van der Waals surface area (Å²) in [7, 11) is 0. The van der Waals surface area contributed by atoms with Gasteiger partial charge in [-0.2, -0.15) is 5.10 Å².